The van der Waals surface area contributed by atoms with Gasteiger partial charge in [-0.1, -0.05) is 90.4 Å². The predicted molar refractivity (Wildman–Crippen MR) is 222 cm³/mol. The molecule has 0 radical (unpaired) electrons. The molecule has 1 saturated heterocycles. The Morgan fingerprint density at radius 1 is 0.655 bits per heavy atom. The maximum Gasteiger partial charge on any atom is 0.472 e. The Kier molecular flexibility index (Phi) is 31.1. The van der Waals surface area contributed by atoms with Gasteiger partial charge in [0.25, 0.3) is 0 Å². The first-order valence-corrected chi connectivity index (χ1v) is 23.5. The van der Waals surface area contributed by atoms with E-state index in [9.17, 15) is 38.2 Å². The van der Waals surface area contributed by atoms with E-state index in [4.69, 9.17) is 25.5 Å². The maximum atomic E-state index is 13.0. The Balaban J connectivity index is 2.10. The van der Waals surface area contributed by atoms with E-state index in [1.807, 2.05) is 0 Å². The van der Waals surface area contributed by atoms with Crippen molar-refractivity contribution in [2.45, 2.75) is 180 Å². The molecule has 0 aromatic heterocycles. The van der Waals surface area contributed by atoms with Gasteiger partial charge in [-0.15, -0.1) is 0 Å². The molecule has 1 heterocycles. The van der Waals surface area contributed by atoms with Crippen LogP contribution in [0.25, 0.3) is 0 Å². The lowest BCUT2D eigenvalue weighted by Gasteiger charge is -2.20. The predicted octanol–water partition coefficient (Wildman–Crippen LogP) is 6.47. The molecule has 2 amide bonds. The van der Waals surface area contributed by atoms with Gasteiger partial charge in [0.1, 0.15) is 17.3 Å². The summed E-state index contributed by atoms with van der Waals surface area (Å²) in [7, 11) is -3.93. The summed E-state index contributed by atoms with van der Waals surface area (Å²) in [6.07, 6.45) is 18.4. The summed E-state index contributed by atoms with van der Waals surface area (Å²) in [5.74, 6) is -2.89. The van der Waals surface area contributed by atoms with Crippen molar-refractivity contribution in [3.05, 3.63) is 0 Å². The van der Waals surface area contributed by atoms with Crippen LogP contribution in [-0.2, 0) is 51.9 Å². The number of Topliss-reactive ketones (excluding diaryl/α,β-unsaturated/α-hetero) is 4. The number of ether oxygens (including phenoxy) is 2. The molecule has 15 nitrogen and oxygen atoms in total. The number of hydrogen-bond acceptors (Lipinski definition) is 13. The lowest BCUT2D eigenvalue weighted by molar-refractivity contribution is -0.141. The van der Waals surface area contributed by atoms with Crippen molar-refractivity contribution in [2.24, 2.45) is 17.4 Å². The minimum Gasteiger partial charge on any atom is -0.379 e. The molecule has 0 aromatic rings. The van der Waals surface area contributed by atoms with Gasteiger partial charge < -0.3 is 25.8 Å². The minimum atomic E-state index is -3.93. The van der Waals surface area contributed by atoms with Gasteiger partial charge >= 0.3 is 7.82 Å². The van der Waals surface area contributed by atoms with E-state index in [1.165, 1.54) is 44.9 Å². The Morgan fingerprint density at radius 2 is 1.17 bits per heavy atom. The van der Waals surface area contributed by atoms with Gasteiger partial charge in [-0.3, -0.25) is 42.7 Å². The van der Waals surface area contributed by atoms with Crippen molar-refractivity contribution in [1.29, 1.82) is 0 Å². The SMILES string of the molecule is CCCCCCCCCCCCCC(=O)C[C@H](N)C(=O)C(N)C1CC(=O)N(CCC(=O)CCCOCCOCCC(=O)CCCCCCCOP(=O)(O)OCC)C1=O. The quantitative estimate of drug-likeness (QED) is 0.0340. The number of imide groups is 1. The highest BCUT2D eigenvalue weighted by Crippen LogP contribution is 2.43. The number of unbranched alkanes of at least 4 members (excludes halogenated alkanes) is 14. The zero-order chi connectivity index (χ0) is 43.0. The fourth-order valence-corrected chi connectivity index (χ4v) is 7.57. The Morgan fingerprint density at radius 3 is 1.78 bits per heavy atom. The molecule has 0 spiro atoms. The number of nitrogens with two attached hydrogens (primary N) is 2. The Labute approximate surface area is 347 Å². The molecule has 58 heavy (non-hydrogen) atoms. The van der Waals surface area contributed by atoms with Gasteiger partial charge in [0, 0.05) is 58.1 Å². The first-order chi connectivity index (χ1) is 27.8. The second-order valence-electron chi connectivity index (χ2n) is 15.4. The molecule has 0 aromatic carbocycles. The normalized spacial score (nSPS) is 16.4. The Bertz CT molecular complexity index is 1250. The van der Waals surface area contributed by atoms with Crippen LogP contribution in [-0.4, -0.2) is 103 Å². The van der Waals surface area contributed by atoms with Gasteiger partial charge in [-0.2, -0.15) is 0 Å². The van der Waals surface area contributed by atoms with Crippen molar-refractivity contribution < 1.29 is 56.7 Å². The van der Waals surface area contributed by atoms with Crippen LogP contribution in [0.1, 0.15) is 168 Å². The summed E-state index contributed by atoms with van der Waals surface area (Å²) < 4.78 is 31.9. The lowest BCUT2D eigenvalue weighted by atomic mass is 9.90. The van der Waals surface area contributed by atoms with Crippen LogP contribution in [0.15, 0.2) is 0 Å². The van der Waals surface area contributed by atoms with Gasteiger partial charge in [0.15, 0.2) is 5.78 Å². The van der Waals surface area contributed by atoms with Gasteiger partial charge in [0.2, 0.25) is 11.8 Å². The summed E-state index contributed by atoms with van der Waals surface area (Å²) in [6, 6.07) is -2.44. The molecular formula is C42H76N3O12P. The topological polar surface area (TPSA) is 232 Å². The summed E-state index contributed by atoms with van der Waals surface area (Å²) in [4.78, 5) is 85.9. The van der Waals surface area contributed by atoms with Crippen LogP contribution in [0.2, 0.25) is 0 Å². The number of hydrogen-bond donors (Lipinski definition) is 3. The third kappa shape index (κ3) is 26.1. The third-order valence-electron chi connectivity index (χ3n) is 10.3. The molecule has 1 aliphatic heterocycles. The monoisotopic (exact) mass is 846 g/mol. The number of carbonyl (C=O) groups excluding carboxylic acids is 6. The molecule has 1 rings (SSSR count). The molecular weight excluding hydrogens is 769 g/mol. The van der Waals surface area contributed by atoms with E-state index in [0.29, 0.717) is 58.5 Å². The fourth-order valence-electron chi connectivity index (χ4n) is 6.80. The molecule has 0 saturated carbocycles. The molecule has 5 N–H and O–H groups in total. The molecule has 0 bridgehead atoms. The van der Waals surface area contributed by atoms with Crippen molar-refractivity contribution in [2.75, 3.05) is 46.2 Å². The highest BCUT2D eigenvalue weighted by Gasteiger charge is 2.44. The number of amides is 2. The van der Waals surface area contributed by atoms with Crippen molar-refractivity contribution in [3.8, 4) is 0 Å². The van der Waals surface area contributed by atoms with Crippen molar-refractivity contribution in [3.63, 3.8) is 0 Å². The molecule has 1 aliphatic rings. The van der Waals surface area contributed by atoms with Crippen LogP contribution < -0.4 is 11.5 Å². The number of ketones is 4. The third-order valence-corrected chi connectivity index (χ3v) is 11.4. The highest BCUT2D eigenvalue weighted by atomic mass is 31.2. The minimum absolute atomic E-state index is 0.0176. The maximum absolute atomic E-state index is 13.0. The van der Waals surface area contributed by atoms with E-state index >= 15 is 0 Å². The number of phosphoric acid groups is 1. The van der Waals surface area contributed by atoms with Crippen LogP contribution >= 0.6 is 7.82 Å². The van der Waals surface area contributed by atoms with Crippen LogP contribution in [0.4, 0.5) is 0 Å². The average molecular weight is 846 g/mol. The molecule has 0 aliphatic carbocycles. The van der Waals surface area contributed by atoms with E-state index in [2.05, 4.69) is 11.4 Å². The van der Waals surface area contributed by atoms with Crippen LogP contribution in [0, 0.1) is 5.92 Å². The van der Waals surface area contributed by atoms with Crippen LogP contribution in [0.3, 0.4) is 0 Å². The zero-order valence-corrected chi connectivity index (χ0v) is 36.5. The van der Waals surface area contributed by atoms with E-state index in [-0.39, 0.29) is 62.8 Å². The molecule has 4 atom stereocenters. The smallest absolute Gasteiger partial charge is 0.379 e. The van der Waals surface area contributed by atoms with E-state index < -0.39 is 43.4 Å². The van der Waals surface area contributed by atoms with Gasteiger partial charge in [-0.25, -0.2) is 4.57 Å². The van der Waals surface area contributed by atoms with E-state index in [0.717, 1.165) is 56.3 Å². The molecule has 1 fully saturated rings. The standard InChI is InChI=1S/C42H76N3O12P/c1-3-5-6-7-8-9-10-11-12-14-18-22-36(48)32-38(43)41(50)40(44)37-33-39(49)45(42(37)51)26-24-34(46)23-20-27-54-30-31-55-29-25-35(47)21-17-15-13-16-19-28-57-58(52,53)56-4-2/h37-38,40H,3-33,43-44H2,1-2H3,(H,52,53)/t37?,38-,40?/m0/s1. The summed E-state index contributed by atoms with van der Waals surface area (Å²) >= 11 is 0. The molecule has 336 valence electrons. The van der Waals surface area contributed by atoms with Crippen molar-refractivity contribution in [1.82, 2.24) is 4.90 Å². The second kappa shape index (κ2) is 33.5. The number of nitrogens with zero attached hydrogens (tertiary/aromatic N) is 1. The van der Waals surface area contributed by atoms with Crippen LogP contribution in [0.5, 0.6) is 0 Å². The zero-order valence-electron chi connectivity index (χ0n) is 35.6. The highest BCUT2D eigenvalue weighted by molar-refractivity contribution is 7.47. The first-order valence-electron chi connectivity index (χ1n) is 22.0. The largest absolute Gasteiger partial charge is 0.472 e. The molecule has 16 heteroatoms. The lowest BCUT2D eigenvalue weighted by Crippen LogP contribution is -2.50. The van der Waals surface area contributed by atoms with E-state index in [1.54, 1.807) is 6.92 Å². The fraction of sp³-hybridized carbons (Fsp3) is 0.857. The van der Waals surface area contributed by atoms with Crippen molar-refractivity contribution >= 4 is 42.8 Å². The van der Waals surface area contributed by atoms with Gasteiger partial charge in [-0.05, 0) is 32.6 Å². The summed E-state index contributed by atoms with van der Waals surface area (Å²) in [6.45, 7) is 5.28. The first kappa shape index (κ1) is 53.8. The molecule has 3 unspecified atom stereocenters. The number of rotatable bonds is 41. The summed E-state index contributed by atoms with van der Waals surface area (Å²) in [5, 5.41) is 0. The van der Waals surface area contributed by atoms with Gasteiger partial charge in [0.05, 0.1) is 51.0 Å². The number of likely N-dealkylation sites (tertiary alicyclic amines) is 1. The average Bonchev–Trinajstić information content (AvgIpc) is 3.47. The number of phosphoric ester groups is 1. The number of carbonyl (C=O) groups is 6. The summed E-state index contributed by atoms with van der Waals surface area (Å²) in [5.41, 5.74) is 12.2. The second-order valence-corrected chi connectivity index (χ2v) is 16.9. The Hall–Kier alpha value is -2.23.